The van der Waals surface area contributed by atoms with E-state index >= 15 is 0 Å². The Morgan fingerprint density at radius 2 is 2.06 bits per heavy atom. The number of anilines is 2. The number of rotatable bonds is 0. The van der Waals surface area contributed by atoms with Crippen LogP contribution in [0.1, 0.15) is 31.4 Å². The number of carbonyl (C=O) groups is 1. The Hall–Kier alpha value is -1.36. The van der Waals surface area contributed by atoms with Crippen molar-refractivity contribution in [3.05, 3.63) is 11.0 Å². The van der Waals surface area contributed by atoms with Crippen LogP contribution in [0.15, 0.2) is 0 Å². The van der Waals surface area contributed by atoms with Gasteiger partial charge in [-0.1, -0.05) is 12.8 Å². The van der Waals surface area contributed by atoms with Crippen molar-refractivity contribution < 1.29 is 4.79 Å². The van der Waals surface area contributed by atoms with Gasteiger partial charge in [-0.25, -0.2) is 4.98 Å². The van der Waals surface area contributed by atoms with Crippen LogP contribution in [-0.4, -0.2) is 21.9 Å². The predicted molar refractivity (Wildman–Crippen MR) is 69.8 cm³/mol. The van der Waals surface area contributed by atoms with Gasteiger partial charge in [0.05, 0.1) is 11.6 Å². The lowest BCUT2D eigenvalue weighted by atomic mass is 9.84. The number of fused-ring (bicyclic) bond motifs is 2. The third kappa shape index (κ3) is 1.92. The Morgan fingerprint density at radius 3 is 2.89 bits per heavy atom. The van der Waals surface area contributed by atoms with Crippen LogP contribution in [-0.2, 0) is 4.79 Å². The number of aryl methyl sites for hydroxylation is 1. The van der Waals surface area contributed by atoms with Gasteiger partial charge in [0.1, 0.15) is 5.69 Å². The van der Waals surface area contributed by atoms with Crippen molar-refractivity contribution in [2.45, 2.75) is 38.6 Å². The molecule has 5 nitrogen and oxygen atoms in total. The fourth-order valence-corrected chi connectivity index (χ4v) is 3.01. The van der Waals surface area contributed by atoms with Crippen LogP contribution in [0.2, 0.25) is 5.28 Å². The fraction of sp³-hybridized carbons (Fsp3) is 0.583. The van der Waals surface area contributed by atoms with Gasteiger partial charge in [-0.05, 0) is 31.4 Å². The van der Waals surface area contributed by atoms with Crippen LogP contribution in [0.5, 0.6) is 0 Å². The van der Waals surface area contributed by atoms with Crippen molar-refractivity contribution >= 4 is 29.0 Å². The Kier molecular flexibility index (Phi) is 2.86. The number of nitrogens with one attached hydrogen (secondary N) is 2. The molecular formula is C12H15ClN4O. The Balaban J connectivity index is 2.03. The van der Waals surface area contributed by atoms with Crippen molar-refractivity contribution in [2.24, 2.45) is 5.92 Å². The van der Waals surface area contributed by atoms with Crippen LogP contribution in [0.3, 0.4) is 0 Å². The van der Waals surface area contributed by atoms with E-state index in [2.05, 4.69) is 20.6 Å². The third-order valence-electron chi connectivity index (χ3n) is 3.74. The Morgan fingerprint density at radius 1 is 1.28 bits per heavy atom. The highest BCUT2D eigenvalue weighted by Crippen LogP contribution is 2.35. The normalized spacial score (nSPS) is 26.4. The van der Waals surface area contributed by atoms with Gasteiger partial charge in [-0.3, -0.25) is 4.79 Å². The lowest BCUT2D eigenvalue weighted by molar-refractivity contribution is -0.120. The number of hydrogen-bond donors (Lipinski definition) is 2. The molecule has 0 radical (unpaired) electrons. The van der Waals surface area contributed by atoms with E-state index < -0.39 is 0 Å². The maximum Gasteiger partial charge on any atom is 0.229 e. The van der Waals surface area contributed by atoms with Crippen molar-refractivity contribution in [3.63, 3.8) is 0 Å². The van der Waals surface area contributed by atoms with Gasteiger partial charge in [-0.2, -0.15) is 4.98 Å². The molecule has 1 fully saturated rings. The monoisotopic (exact) mass is 266 g/mol. The molecule has 1 aromatic rings. The second-order valence-corrected chi connectivity index (χ2v) is 5.27. The molecule has 0 aromatic carbocycles. The highest BCUT2D eigenvalue weighted by atomic mass is 35.5. The van der Waals surface area contributed by atoms with E-state index in [4.69, 9.17) is 11.6 Å². The summed E-state index contributed by atoms with van der Waals surface area (Å²) in [5, 5.41) is 6.50. The van der Waals surface area contributed by atoms with Gasteiger partial charge in [0.2, 0.25) is 11.2 Å². The molecule has 0 bridgehead atoms. The van der Waals surface area contributed by atoms with E-state index in [1.807, 2.05) is 6.92 Å². The van der Waals surface area contributed by atoms with Gasteiger partial charge in [0, 0.05) is 6.04 Å². The summed E-state index contributed by atoms with van der Waals surface area (Å²) < 4.78 is 0. The molecule has 1 aliphatic carbocycles. The molecule has 2 unspecified atom stereocenters. The molecule has 96 valence electrons. The van der Waals surface area contributed by atoms with Crippen LogP contribution in [0, 0.1) is 12.8 Å². The lowest BCUT2D eigenvalue weighted by Gasteiger charge is -2.28. The number of hydrogen-bond acceptors (Lipinski definition) is 4. The molecule has 1 aliphatic heterocycles. The number of nitrogens with zero attached hydrogens (tertiary/aromatic N) is 2. The molecule has 0 spiro atoms. The maximum absolute atomic E-state index is 12.2. The average Bonchev–Trinajstić information content (AvgIpc) is 2.47. The Labute approximate surface area is 110 Å². The number of aromatic nitrogens is 2. The summed E-state index contributed by atoms with van der Waals surface area (Å²) in [4.78, 5) is 20.5. The first-order chi connectivity index (χ1) is 8.65. The van der Waals surface area contributed by atoms with Crippen molar-refractivity contribution in [2.75, 3.05) is 10.6 Å². The molecule has 0 saturated heterocycles. The topological polar surface area (TPSA) is 66.9 Å². The third-order valence-corrected chi connectivity index (χ3v) is 3.90. The highest BCUT2D eigenvalue weighted by molar-refractivity contribution is 6.28. The van der Waals surface area contributed by atoms with Gasteiger partial charge >= 0.3 is 0 Å². The molecule has 2 aliphatic rings. The van der Waals surface area contributed by atoms with Crippen molar-refractivity contribution in [1.29, 1.82) is 0 Å². The van der Waals surface area contributed by atoms with Gasteiger partial charge in [0.25, 0.3) is 0 Å². The van der Waals surface area contributed by atoms with Gasteiger partial charge in [0.15, 0.2) is 5.82 Å². The quantitative estimate of drug-likeness (QED) is 0.708. The van der Waals surface area contributed by atoms with E-state index in [0.29, 0.717) is 17.2 Å². The summed E-state index contributed by atoms with van der Waals surface area (Å²) in [6, 6.07) is 0.158. The van der Waals surface area contributed by atoms with Crippen LogP contribution >= 0.6 is 11.6 Å². The van der Waals surface area contributed by atoms with Crippen LogP contribution in [0.25, 0.3) is 0 Å². The molecule has 1 aromatic heterocycles. The van der Waals surface area contributed by atoms with Gasteiger partial charge in [-0.15, -0.1) is 0 Å². The molecular weight excluding hydrogens is 252 g/mol. The second-order valence-electron chi connectivity index (χ2n) is 4.93. The van der Waals surface area contributed by atoms with E-state index in [9.17, 15) is 4.79 Å². The van der Waals surface area contributed by atoms with E-state index in [0.717, 1.165) is 25.7 Å². The maximum atomic E-state index is 12.2. The zero-order valence-corrected chi connectivity index (χ0v) is 10.9. The molecule has 6 heteroatoms. The van der Waals surface area contributed by atoms with Gasteiger partial charge < -0.3 is 10.6 Å². The number of halogens is 1. The SMILES string of the molecule is Cc1nc(Cl)nc2c1NC(=O)C1CCCCC1N2. The number of carbonyl (C=O) groups excluding carboxylic acids is 1. The van der Waals surface area contributed by atoms with Crippen molar-refractivity contribution in [3.8, 4) is 0 Å². The summed E-state index contributed by atoms with van der Waals surface area (Å²) in [5.74, 6) is 0.737. The smallest absolute Gasteiger partial charge is 0.229 e. The molecule has 2 heterocycles. The summed E-state index contributed by atoms with van der Waals surface area (Å²) in [6.07, 6.45) is 4.18. The predicted octanol–water partition coefficient (Wildman–Crippen LogP) is 2.36. The molecule has 1 saturated carbocycles. The fourth-order valence-electron chi connectivity index (χ4n) is 2.80. The van der Waals surface area contributed by atoms with E-state index in [1.54, 1.807) is 0 Å². The van der Waals surface area contributed by atoms with Crippen molar-refractivity contribution in [1.82, 2.24) is 9.97 Å². The minimum Gasteiger partial charge on any atom is -0.365 e. The summed E-state index contributed by atoms with van der Waals surface area (Å²) >= 11 is 5.87. The molecule has 1 amide bonds. The molecule has 2 atom stereocenters. The standard InChI is InChI=1S/C12H15ClN4O/c1-6-9-10(17-12(13)14-6)15-8-5-3-2-4-7(8)11(18)16-9/h7-8H,2-5H2,1H3,(H,16,18)(H,14,15,17). The minimum absolute atomic E-state index is 0.0196. The summed E-state index contributed by atoms with van der Waals surface area (Å²) in [6.45, 7) is 1.82. The Bertz CT molecular complexity index is 505. The zero-order valence-electron chi connectivity index (χ0n) is 10.2. The number of amides is 1. The minimum atomic E-state index is 0.0196. The largest absolute Gasteiger partial charge is 0.365 e. The summed E-state index contributed by atoms with van der Waals surface area (Å²) in [5.41, 5.74) is 1.36. The average molecular weight is 267 g/mol. The molecule has 18 heavy (non-hydrogen) atoms. The first-order valence-electron chi connectivity index (χ1n) is 6.26. The first-order valence-corrected chi connectivity index (χ1v) is 6.64. The van der Waals surface area contributed by atoms with E-state index in [-0.39, 0.29) is 23.2 Å². The second kappa shape index (κ2) is 4.39. The van der Waals surface area contributed by atoms with Crippen LogP contribution in [0.4, 0.5) is 11.5 Å². The zero-order chi connectivity index (χ0) is 12.7. The molecule has 2 N–H and O–H groups in total. The highest BCUT2D eigenvalue weighted by Gasteiger charge is 2.35. The molecule has 3 rings (SSSR count). The lowest BCUT2D eigenvalue weighted by Crippen LogP contribution is -2.37. The van der Waals surface area contributed by atoms with Crippen LogP contribution < -0.4 is 10.6 Å². The summed E-state index contributed by atoms with van der Waals surface area (Å²) in [7, 11) is 0. The first kappa shape index (κ1) is 11.7. The van der Waals surface area contributed by atoms with E-state index in [1.165, 1.54) is 0 Å².